The summed E-state index contributed by atoms with van der Waals surface area (Å²) < 4.78 is 1.79. The van der Waals surface area contributed by atoms with Gasteiger partial charge in [-0.15, -0.1) is 5.10 Å². The third-order valence-corrected chi connectivity index (χ3v) is 3.28. The molecule has 0 saturated carbocycles. The smallest absolute Gasteiger partial charge is 0.249 e. The lowest BCUT2D eigenvalue weighted by molar-refractivity contribution is 0.100. The maximum Gasteiger partial charge on any atom is 0.249 e. The predicted molar refractivity (Wildman–Crippen MR) is 77.3 cm³/mol. The van der Waals surface area contributed by atoms with Gasteiger partial charge in [0.2, 0.25) is 16.6 Å². The van der Waals surface area contributed by atoms with Gasteiger partial charge in [-0.3, -0.25) is 4.79 Å². The number of carbonyl (C=O) groups excluding carboxylic acids is 1. The highest BCUT2D eigenvalue weighted by Gasteiger charge is 2.14. The Balaban J connectivity index is 2.32. The van der Waals surface area contributed by atoms with Crippen LogP contribution in [0.2, 0.25) is 0 Å². The van der Waals surface area contributed by atoms with E-state index in [0.717, 1.165) is 0 Å². The molecule has 0 aliphatic heterocycles. The summed E-state index contributed by atoms with van der Waals surface area (Å²) in [6.45, 7) is 0. The fourth-order valence-electron chi connectivity index (χ4n) is 1.93. The maximum absolute atomic E-state index is 11.6. The Morgan fingerprint density at radius 3 is 2.65 bits per heavy atom. The molecule has 0 aliphatic carbocycles. The number of hydrogen-bond acceptors (Lipinski definition) is 5. The molecule has 0 atom stereocenters. The average molecular weight is 333 g/mol. The summed E-state index contributed by atoms with van der Waals surface area (Å²) in [5, 5.41) is 4.70. The number of benzene rings is 1. The first-order valence-electron chi connectivity index (χ1n) is 5.64. The largest absolute Gasteiger partial charge is 0.366 e. The molecule has 0 bridgehead atoms. The summed E-state index contributed by atoms with van der Waals surface area (Å²) >= 11 is 3.23. The summed E-state index contributed by atoms with van der Waals surface area (Å²) in [5.41, 5.74) is 12.0. The molecule has 0 spiro atoms. The van der Waals surface area contributed by atoms with Crippen molar-refractivity contribution < 1.29 is 4.79 Å². The van der Waals surface area contributed by atoms with Gasteiger partial charge in [-0.05, 0) is 28.1 Å². The van der Waals surface area contributed by atoms with Crippen molar-refractivity contribution in [3.8, 4) is 5.82 Å². The van der Waals surface area contributed by atoms with E-state index >= 15 is 0 Å². The van der Waals surface area contributed by atoms with Crippen molar-refractivity contribution in [2.24, 2.45) is 5.73 Å². The van der Waals surface area contributed by atoms with Gasteiger partial charge in [0.05, 0.1) is 11.1 Å². The first kappa shape index (κ1) is 12.5. The normalized spacial score (nSPS) is 10.8. The molecule has 0 radical (unpaired) electrons. The Morgan fingerprint density at radius 2 is 2.00 bits per heavy atom. The fraction of sp³-hybridized carbons (Fsp3) is 0. The van der Waals surface area contributed by atoms with Gasteiger partial charge in [-0.1, -0.05) is 18.2 Å². The lowest BCUT2D eigenvalue weighted by atomic mass is 10.1. The number of anilines is 1. The number of pyridine rings is 1. The second-order valence-corrected chi connectivity index (χ2v) is 4.77. The van der Waals surface area contributed by atoms with Crippen LogP contribution < -0.4 is 11.5 Å². The highest BCUT2D eigenvalue weighted by Crippen LogP contribution is 2.21. The Kier molecular flexibility index (Phi) is 2.87. The minimum atomic E-state index is -0.533. The topological polar surface area (TPSA) is 113 Å². The van der Waals surface area contributed by atoms with Crippen molar-refractivity contribution in [3.63, 3.8) is 0 Å². The van der Waals surface area contributed by atoms with E-state index in [1.165, 1.54) is 4.68 Å². The summed E-state index contributed by atoms with van der Waals surface area (Å²) in [4.78, 5) is 20.0. The summed E-state index contributed by atoms with van der Waals surface area (Å²) in [6.07, 6.45) is 0. The second-order valence-electron chi connectivity index (χ2n) is 4.06. The Labute approximate surface area is 121 Å². The molecule has 0 fully saturated rings. The highest BCUT2D eigenvalue weighted by molar-refractivity contribution is 9.10. The quantitative estimate of drug-likeness (QED) is 0.733. The number of aromatic nitrogens is 4. The molecule has 3 rings (SSSR count). The molecule has 4 N–H and O–H groups in total. The van der Waals surface area contributed by atoms with Gasteiger partial charge < -0.3 is 11.5 Å². The molecular weight excluding hydrogens is 324 g/mol. The van der Waals surface area contributed by atoms with E-state index in [9.17, 15) is 4.79 Å². The molecule has 2 aromatic heterocycles. The Hall–Kier alpha value is -2.48. The minimum absolute atomic E-state index is 0.104. The van der Waals surface area contributed by atoms with Crippen molar-refractivity contribution in [2.45, 2.75) is 0 Å². The van der Waals surface area contributed by atoms with Crippen LogP contribution >= 0.6 is 15.9 Å². The number of nitrogens with zero attached hydrogens (tertiary/aromatic N) is 4. The molecule has 100 valence electrons. The lowest BCUT2D eigenvalue weighted by Crippen LogP contribution is -2.13. The van der Waals surface area contributed by atoms with Gasteiger partial charge >= 0.3 is 0 Å². The van der Waals surface area contributed by atoms with Crippen LogP contribution in [-0.2, 0) is 0 Å². The van der Waals surface area contributed by atoms with E-state index in [1.807, 2.05) is 12.1 Å². The fourth-order valence-corrected chi connectivity index (χ4v) is 2.37. The van der Waals surface area contributed by atoms with Crippen LogP contribution in [-0.4, -0.2) is 25.7 Å². The molecule has 2 heterocycles. The number of carbonyl (C=O) groups is 1. The molecular formula is C12H9BrN6O. The van der Waals surface area contributed by atoms with Crippen molar-refractivity contribution in [1.82, 2.24) is 19.7 Å². The third-order valence-electron chi connectivity index (χ3n) is 2.77. The van der Waals surface area contributed by atoms with Gasteiger partial charge in [0.15, 0.2) is 5.82 Å². The van der Waals surface area contributed by atoms with Gasteiger partial charge in [0, 0.05) is 5.39 Å². The van der Waals surface area contributed by atoms with Gasteiger partial charge in [0.25, 0.3) is 0 Å². The van der Waals surface area contributed by atoms with Gasteiger partial charge in [-0.2, -0.15) is 9.67 Å². The number of rotatable bonds is 2. The molecule has 0 aliphatic rings. The van der Waals surface area contributed by atoms with Gasteiger partial charge in [0.1, 0.15) is 0 Å². The Bertz CT molecular complexity index is 828. The molecule has 8 heteroatoms. The standard InChI is InChI=1S/C12H9BrN6O/c13-11-17-12(15)18-19(11)9-5-7(10(14)20)6-3-1-2-4-8(6)16-9/h1-5H,(H2,14,20)(H2,15,18). The number of nitrogens with two attached hydrogens (primary N) is 2. The first-order chi connectivity index (χ1) is 9.56. The number of fused-ring (bicyclic) bond motifs is 1. The molecule has 20 heavy (non-hydrogen) atoms. The SMILES string of the molecule is NC(=O)c1cc(-n2nc(N)nc2Br)nc2ccccc12. The molecule has 7 nitrogen and oxygen atoms in total. The lowest BCUT2D eigenvalue weighted by Gasteiger charge is -2.07. The van der Waals surface area contributed by atoms with Crippen LogP contribution in [0.5, 0.6) is 0 Å². The van der Waals surface area contributed by atoms with Crippen LogP contribution in [0, 0.1) is 0 Å². The molecule has 0 unspecified atom stereocenters. The second kappa shape index (κ2) is 4.57. The van der Waals surface area contributed by atoms with E-state index in [-0.39, 0.29) is 5.95 Å². The van der Waals surface area contributed by atoms with Crippen molar-refractivity contribution in [3.05, 3.63) is 40.6 Å². The zero-order chi connectivity index (χ0) is 14.3. The van der Waals surface area contributed by atoms with E-state index in [4.69, 9.17) is 11.5 Å². The Morgan fingerprint density at radius 1 is 1.25 bits per heavy atom. The number of halogens is 1. The highest BCUT2D eigenvalue weighted by atomic mass is 79.9. The molecule has 0 saturated heterocycles. The van der Waals surface area contributed by atoms with Gasteiger partial charge in [-0.25, -0.2) is 4.98 Å². The van der Waals surface area contributed by atoms with Crippen LogP contribution in [0.1, 0.15) is 10.4 Å². The minimum Gasteiger partial charge on any atom is -0.366 e. The first-order valence-corrected chi connectivity index (χ1v) is 6.43. The molecule has 1 aromatic carbocycles. The van der Waals surface area contributed by atoms with Crippen LogP contribution in [0.25, 0.3) is 16.7 Å². The maximum atomic E-state index is 11.6. The van der Waals surface area contributed by atoms with E-state index in [2.05, 4.69) is 31.0 Å². The number of hydrogen-bond donors (Lipinski definition) is 2. The summed E-state index contributed by atoms with van der Waals surface area (Å²) in [6, 6.07) is 8.79. The average Bonchev–Trinajstić information content (AvgIpc) is 2.76. The summed E-state index contributed by atoms with van der Waals surface area (Å²) in [5.74, 6) is -0.0184. The van der Waals surface area contributed by atoms with Crippen LogP contribution in [0.15, 0.2) is 35.1 Å². The predicted octanol–water partition coefficient (Wildman–Crippen LogP) is 1.26. The number of para-hydroxylation sites is 1. The van der Waals surface area contributed by atoms with Crippen LogP contribution in [0.4, 0.5) is 5.95 Å². The van der Waals surface area contributed by atoms with E-state index in [0.29, 0.717) is 27.0 Å². The monoisotopic (exact) mass is 332 g/mol. The van der Waals surface area contributed by atoms with E-state index < -0.39 is 5.91 Å². The molecule has 3 aromatic rings. The van der Waals surface area contributed by atoms with Crippen LogP contribution in [0.3, 0.4) is 0 Å². The van der Waals surface area contributed by atoms with Crippen molar-refractivity contribution in [1.29, 1.82) is 0 Å². The zero-order valence-corrected chi connectivity index (χ0v) is 11.7. The number of amides is 1. The van der Waals surface area contributed by atoms with Crippen molar-refractivity contribution >= 4 is 38.7 Å². The van der Waals surface area contributed by atoms with Crippen molar-refractivity contribution in [2.75, 3.05) is 5.73 Å². The van der Waals surface area contributed by atoms with E-state index in [1.54, 1.807) is 18.2 Å². The zero-order valence-electron chi connectivity index (χ0n) is 10.1. The molecule has 1 amide bonds. The number of nitrogen functional groups attached to an aromatic ring is 1. The summed E-state index contributed by atoms with van der Waals surface area (Å²) in [7, 11) is 0. The number of primary amides is 1. The third kappa shape index (κ3) is 1.99.